The number of benzene rings is 2. The largest absolute Gasteiger partial charge is 0.371 e. The van der Waals surface area contributed by atoms with Crippen LogP contribution in [-0.2, 0) is 0 Å². The molecule has 1 amide bonds. The van der Waals surface area contributed by atoms with Crippen molar-refractivity contribution in [3.05, 3.63) is 66.4 Å². The van der Waals surface area contributed by atoms with E-state index < -0.39 is 0 Å². The Kier molecular flexibility index (Phi) is 8.25. The van der Waals surface area contributed by atoms with Gasteiger partial charge in [-0.05, 0) is 37.1 Å². The summed E-state index contributed by atoms with van der Waals surface area (Å²) in [6.45, 7) is 6.42. The average Bonchev–Trinajstić information content (AvgIpc) is 2.78. The lowest BCUT2D eigenvalue weighted by atomic mass is 10.1. The fraction of sp³-hybridized carbons (Fsp3) is 0.385. The molecular weight excluding hydrogens is 370 g/mol. The number of pyridine rings is 1. The molecule has 0 aliphatic heterocycles. The lowest BCUT2D eigenvalue weighted by molar-refractivity contribution is 0.102. The minimum Gasteiger partial charge on any atom is -0.371 e. The summed E-state index contributed by atoms with van der Waals surface area (Å²) in [5, 5.41) is 4.07. The molecule has 0 saturated heterocycles. The summed E-state index contributed by atoms with van der Waals surface area (Å²) in [5.41, 5.74) is 3.39. The van der Waals surface area contributed by atoms with E-state index in [-0.39, 0.29) is 5.91 Å². The number of amides is 1. The minimum atomic E-state index is -0.0846. The highest BCUT2D eigenvalue weighted by molar-refractivity contribution is 6.08. The molecule has 30 heavy (non-hydrogen) atoms. The maximum Gasteiger partial charge on any atom is 0.257 e. The Hall–Kier alpha value is -2.88. The van der Waals surface area contributed by atoms with Crippen LogP contribution in [0.5, 0.6) is 0 Å². The Balaban J connectivity index is 1.80. The van der Waals surface area contributed by atoms with Gasteiger partial charge in [0.15, 0.2) is 0 Å². The van der Waals surface area contributed by atoms with Crippen LogP contribution in [0, 0.1) is 0 Å². The SMILES string of the molecule is CCCCCN(CCCCC)c1ccccc1C(=O)Nc1cnc2ccccc2c1. The highest BCUT2D eigenvalue weighted by atomic mass is 16.1. The quantitative estimate of drug-likeness (QED) is 0.363. The average molecular weight is 404 g/mol. The Labute approximate surface area is 180 Å². The third-order valence-electron chi connectivity index (χ3n) is 5.40. The van der Waals surface area contributed by atoms with E-state index in [0.717, 1.165) is 53.8 Å². The van der Waals surface area contributed by atoms with Crippen molar-refractivity contribution in [1.82, 2.24) is 4.98 Å². The van der Waals surface area contributed by atoms with E-state index in [4.69, 9.17) is 0 Å². The van der Waals surface area contributed by atoms with Gasteiger partial charge in [-0.15, -0.1) is 0 Å². The first-order valence-corrected chi connectivity index (χ1v) is 11.2. The van der Waals surface area contributed by atoms with Crippen molar-refractivity contribution in [2.45, 2.75) is 52.4 Å². The van der Waals surface area contributed by atoms with Gasteiger partial charge in [0.1, 0.15) is 0 Å². The Morgan fingerprint density at radius 1 is 0.900 bits per heavy atom. The monoisotopic (exact) mass is 403 g/mol. The first-order chi connectivity index (χ1) is 14.7. The fourth-order valence-electron chi connectivity index (χ4n) is 3.74. The predicted molar refractivity (Wildman–Crippen MR) is 127 cm³/mol. The number of para-hydroxylation sites is 2. The van der Waals surface area contributed by atoms with Gasteiger partial charge in [0.25, 0.3) is 5.91 Å². The molecule has 0 unspecified atom stereocenters. The number of hydrogen-bond donors (Lipinski definition) is 1. The highest BCUT2D eigenvalue weighted by Crippen LogP contribution is 2.24. The Bertz CT molecular complexity index is 944. The number of anilines is 2. The normalized spacial score (nSPS) is 10.9. The van der Waals surface area contributed by atoms with Crippen molar-refractivity contribution < 1.29 is 4.79 Å². The van der Waals surface area contributed by atoms with E-state index in [9.17, 15) is 4.79 Å². The highest BCUT2D eigenvalue weighted by Gasteiger charge is 2.16. The van der Waals surface area contributed by atoms with Gasteiger partial charge in [-0.2, -0.15) is 0 Å². The molecule has 0 aliphatic rings. The molecule has 0 fully saturated rings. The molecule has 1 aromatic heterocycles. The zero-order valence-corrected chi connectivity index (χ0v) is 18.2. The Morgan fingerprint density at radius 2 is 1.57 bits per heavy atom. The molecule has 0 bridgehead atoms. The molecule has 158 valence electrons. The van der Waals surface area contributed by atoms with Crippen LogP contribution in [0.4, 0.5) is 11.4 Å². The minimum absolute atomic E-state index is 0.0846. The topological polar surface area (TPSA) is 45.2 Å². The van der Waals surface area contributed by atoms with Gasteiger partial charge in [0.05, 0.1) is 23.0 Å². The molecule has 4 nitrogen and oxygen atoms in total. The van der Waals surface area contributed by atoms with E-state index in [1.165, 1.54) is 25.7 Å². The van der Waals surface area contributed by atoms with E-state index in [2.05, 4.69) is 35.1 Å². The number of unbranched alkanes of at least 4 members (excludes halogenated alkanes) is 4. The van der Waals surface area contributed by atoms with Crippen molar-refractivity contribution >= 4 is 28.2 Å². The van der Waals surface area contributed by atoms with Gasteiger partial charge in [-0.3, -0.25) is 9.78 Å². The van der Waals surface area contributed by atoms with E-state index in [1.54, 1.807) is 6.20 Å². The van der Waals surface area contributed by atoms with Gasteiger partial charge < -0.3 is 10.2 Å². The van der Waals surface area contributed by atoms with Crippen LogP contribution in [0.25, 0.3) is 10.9 Å². The van der Waals surface area contributed by atoms with Crippen molar-refractivity contribution in [3.63, 3.8) is 0 Å². The number of fused-ring (bicyclic) bond motifs is 1. The molecule has 0 aliphatic carbocycles. The number of aromatic nitrogens is 1. The summed E-state index contributed by atoms with van der Waals surface area (Å²) in [6, 6.07) is 17.9. The number of rotatable bonds is 11. The zero-order valence-electron chi connectivity index (χ0n) is 18.2. The smallest absolute Gasteiger partial charge is 0.257 e. The summed E-state index contributed by atoms with van der Waals surface area (Å²) in [7, 11) is 0. The van der Waals surface area contributed by atoms with Crippen molar-refractivity contribution in [3.8, 4) is 0 Å². The van der Waals surface area contributed by atoms with Crippen LogP contribution in [0.2, 0.25) is 0 Å². The molecule has 1 heterocycles. The van der Waals surface area contributed by atoms with Crippen molar-refractivity contribution in [2.75, 3.05) is 23.3 Å². The van der Waals surface area contributed by atoms with Crippen molar-refractivity contribution in [2.24, 2.45) is 0 Å². The molecular formula is C26H33N3O. The zero-order chi connectivity index (χ0) is 21.2. The molecule has 2 aromatic carbocycles. The van der Waals surface area contributed by atoms with Gasteiger partial charge in [-0.25, -0.2) is 0 Å². The lowest BCUT2D eigenvalue weighted by Crippen LogP contribution is -2.28. The van der Waals surface area contributed by atoms with Crippen LogP contribution in [-0.4, -0.2) is 24.0 Å². The molecule has 0 atom stereocenters. The van der Waals surface area contributed by atoms with Gasteiger partial charge >= 0.3 is 0 Å². The lowest BCUT2D eigenvalue weighted by Gasteiger charge is -2.27. The summed E-state index contributed by atoms with van der Waals surface area (Å²) in [6.07, 6.45) is 8.83. The number of carbonyl (C=O) groups excluding carboxylic acids is 1. The van der Waals surface area contributed by atoms with Crippen LogP contribution in [0.1, 0.15) is 62.7 Å². The maximum absolute atomic E-state index is 13.2. The number of carbonyl (C=O) groups is 1. The molecule has 0 radical (unpaired) electrons. The van der Waals surface area contributed by atoms with Crippen LogP contribution < -0.4 is 10.2 Å². The van der Waals surface area contributed by atoms with Crippen LogP contribution in [0.15, 0.2) is 60.8 Å². The fourth-order valence-corrected chi connectivity index (χ4v) is 3.74. The number of hydrogen-bond acceptors (Lipinski definition) is 3. The molecule has 0 saturated carbocycles. The van der Waals surface area contributed by atoms with E-state index >= 15 is 0 Å². The second kappa shape index (κ2) is 11.3. The summed E-state index contributed by atoms with van der Waals surface area (Å²) < 4.78 is 0. The molecule has 3 aromatic rings. The molecule has 1 N–H and O–H groups in total. The van der Waals surface area contributed by atoms with Gasteiger partial charge in [0, 0.05) is 24.2 Å². The second-order valence-electron chi connectivity index (χ2n) is 7.79. The van der Waals surface area contributed by atoms with E-state index in [0.29, 0.717) is 0 Å². The second-order valence-corrected chi connectivity index (χ2v) is 7.79. The maximum atomic E-state index is 13.2. The first kappa shape index (κ1) is 21.8. The molecule has 0 spiro atoms. The van der Waals surface area contributed by atoms with Gasteiger partial charge in [0.2, 0.25) is 0 Å². The number of nitrogens with one attached hydrogen (secondary N) is 1. The standard InChI is InChI=1S/C26H33N3O/c1-3-5-11-17-29(18-12-6-4-2)25-16-10-8-14-23(25)26(30)28-22-19-21-13-7-9-15-24(21)27-20-22/h7-10,13-16,19-20H,3-6,11-12,17-18H2,1-2H3,(H,28,30). The summed E-state index contributed by atoms with van der Waals surface area (Å²) in [4.78, 5) is 20.0. The summed E-state index contributed by atoms with van der Waals surface area (Å²) in [5.74, 6) is -0.0846. The molecule has 4 heteroatoms. The molecule has 3 rings (SSSR count). The third-order valence-corrected chi connectivity index (χ3v) is 5.40. The van der Waals surface area contributed by atoms with Crippen molar-refractivity contribution in [1.29, 1.82) is 0 Å². The third kappa shape index (κ3) is 5.82. The van der Waals surface area contributed by atoms with Crippen LogP contribution >= 0.6 is 0 Å². The summed E-state index contributed by atoms with van der Waals surface area (Å²) >= 11 is 0. The van der Waals surface area contributed by atoms with Crippen LogP contribution in [0.3, 0.4) is 0 Å². The van der Waals surface area contributed by atoms with Gasteiger partial charge in [-0.1, -0.05) is 69.9 Å². The van der Waals surface area contributed by atoms with E-state index in [1.807, 2.05) is 48.5 Å². The predicted octanol–water partition coefficient (Wildman–Crippen LogP) is 6.67. The Morgan fingerprint density at radius 3 is 2.30 bits per heavy atom. The number of nitrogens with zero attached hydrogens (tertiary/aromatic N) is 2. The first-order valence-electron chi connectivity index (χ1n) is 11.2.